The average molecular weight is 888 g/mol. The van der Waals surface area contributed by atoms with E-state index in [0.29, 0.717) is 40.2 Å². The molecule has 1 aliphatic carbocycles. The summed E-state index contributed by atoms with van der Waals surface area (Å²) in [4.78, 5) is 42.3. The number of carbonyl (C=O) groups is 2. The zero-order chi connectivity index (χ0) is 46.4. The van der Waals surface area contributed by atoms with Gasteiger partial charge < -0.3 is 19.9 Å². The van der Waals surface area contributed by atoms with Gasteiger partial charge >= 0.3 is 35.0 Å². The molecule has 1 N–H and O–H groups in total. The Morgan fingerprint density at radius 1 is 0.815 bits per heavy atom. The zero-order valence-corrected chi connectivity index (χ0v) is 42.1. The van der Waals surface area contributed by atoms with E-state index in [2.05, 4.69) is 85.5 Å². The van der Waals surface area contributed by atoms with Gasteiger partial charge in [-0.15, -0.1) is 5.76 Å². The van der Waals surface area contributed by atoms with Crippen LogP contribution in [0.1, 0.15) is 127 Å². The van der Waals surface area contributed by atoms with Gasteiger partial charge in [-0.3, -0.25) is 9.59 Å². The normalized spacial score (nSPS) is 21.8. The number of nitrogens with zero attached hydrogens (tertiary/aromatic N) is 3. The molecule has 0 saturated carbocycles. The van der Waals surface area contributed by atoms with Crippen molar-refractivity contribution in [2.24, 2.45) is 32.7 Å². The summed E-state index contributed by atoms with van der Waals surface area (Å²) >= 11 is 0. The molecule has 1 saturated heterocycles. The molecular weight excluding hydrogens is 821 g/mol. The van der Waals surface area contributed by atoms with Crippen LogP contribution in [0, 0.1) is 17.8 Å². The Bertz CT molecular complexity index is 2490. The Morgan fingerprint density at radius 3 is 2.05 bits per heavy atom. The maximum atomic E-state index is 14.4. The molecule has 6 rings (SSSR count). The Balaban J connectivity index is 0.00000793. The molecule has 5 aliphatic heterocycles. The Labute approximate surface area is 403 Å². The Hall–Kier alpha value is -5.06. The minimum atomic E-state index is -1.20. The van der Waals surface area contributed by atoms with E-state index in [1.54, 1.807) is 0 Å². The van der Waals surface area contributed by atoms with Crippen molar-refractivity contribution in [3.63, 3.8) is 0 Å². The molecule has 5 heterocycles. The third-order valence-corrected chi connectivity index (χ3v) is 13.3. The predicted molar refractivity (Wildman–Crippen MR) is 265 cm³/mol. The van der Waals surface area contributed by atoms with Crippen molar-refractivity contribution in [3.8, 4) is 0 Å². The van der Waals surface area contributed by atoms with Crippen LogP contribution in [0.4, 0.5) is 0 Å². The number of aliphatic imine (C=N–C) groups is 3. The smallest absolute Gasteiger partial charge is 0.874 e. The number of rotatable bonds is 17. The van der Waals surface area contributed by atoms with E-state index in [-0.39, 0.29) is 59.6 Å². The van der Waals surface area contributed by atoms with Crippen molar-refractivity contribution in [1.82, 2.24) is 5.32 Å². The molecule has 65 heavy (non-hydrogen) atoms. The van der Waals surface area contributed by atoms with E-state index in [1.807, 2.05) is 44.2 Å². The summed E-state index contributed by atoms with van der Waals surface area (Å²) in [7, 11) is 1.30. The molecule has 0 unspecified atom stereocenters. The molecule has 1 fully saturated rings. The molecule has 0 aromatic carbocycles. The Kier molecular flexibility index (Phi) is 17.6. The van der Waals surface area contributed by atoms with E-state index < -0.39 is 11.9 Å². The maximum Gasteiger partial charge on any atom is 2.00 e. The number of nitrogens with one attached hydrogen (secondary N) is 1. The predicted octanol–water partition coefficient (Wildman–Crippen LogP) is 11.1. The van der Waals surface area contributed by atoms with Crippen molar-refractivity contribution >= 4 is 52.1 Å². The van der Waals surface area contributed by atoms with Gasteiger partial charge in [-0.05, 0) is 159 Å². The number of allylic oxidation sites excluding steroid dienone is 18. The molecule has 6 aliphatic rings. The average Bonchev–Trinajstić information content (AvgIpc) is 3.99. The third-order valence-electron chi connectivity index (χ3n) is 13.3. The molecule has 0 aromatic heterocycles. The molecule has 3 atom stereocenters. The first-order valence-electron chi connectivity index (χ1n) is 23.0. The van der Waals surface area contributed by atoms with Crippen LogP contribution in [-0.4, -0.2) is 65.8 Å². The van der Waals surface area contributed by atoms with E-state index >= 15 is 0 Å². The number of hydrogen-bond donors (Lipinski definition) is 1. The number of fused-ring (bicyclic) bond motifs is 5. The molecule has 0 radical (unpaired) electrons. The number of hydrogen-bond acceptors (Lipinski definition) is 9. The van der Waals surface area contributed by atoms with Gasteiger partial charge in [0.25, 0.3) is 0 Å². The summed E-state index contributed by atoms with van der Waals surface area (Å²) in [6.45, 7) is 25.3. The summed E-state index contributed by atoms with van der Waals surface area (Å²) in [6.07, 6.45) is 24.3. The molecule has 9 nitrogen and oxygen atoms in total. The van der Waals surface area contributed by atoms with Gasteiger partial charge in [0.1, 0.15) is 6.61 Å². The molecule has 0 spiro atoms. The van der Waals surface area contributed by atoms with Crippen molar-refractivity contribution in [2.75, 3.05) is 13.7 Å². The number of methoxy groups -OCH3 is 1. The van der Waals surface area contributed by atoms with Crippen LogP contribution >= 0.6 is 0 Å². The number of ether oxygens (including phenoxy) is 2. The first-order valence-corrected chi connectivity index (χ1v) is 23.0. The van der Waals surface area contributed by atoms with Gasteiger partial charge in [0, 0.05) is 40.8 Å². The van der Waals surface area contributed by atoms with E-state index in [1.165, 1.54) is 29.4 Å². The van der Waals surface area contributed by atoms with Crippen molar-refractivity contribution < 1.29 is 24.2 Å². The molecule has 338 valence electrons. The molecule has 8 bridgehead atoms. The summed E-state index contributed by atoms with van der Waals surface area (Å²) in [6, 6.07) is 0. The summed E-state index contributed by atoms with van der Waals surface area (Å²) < 4.78 is 11.0. The van der Waals surface area contributed by atoms with Gasteiger partial charge in [-0.2, -0.15) is 0 Å². The topological polar surface area (TPSA) is 125 Å². The van der Waals surface area contributed by atoms with Gasteiger partial charge in [0.15, 0.2) is 0 Å². The summed E-state index contributed by atoms with van der Waals surface area (Å²) in [5.41, 5.74) is 16.8. The van der Waals surface area contributed by atoms with Gasteiger partial charge in [0.05, 0.1) is 47.3 Å². The van der Waals surface area contributed by atoms with Gasteiger partial charge in [-0.25, -0.2) is 15.0 Å². The first-order chi connectivity index (χ1) is 30.6. The van der Waals surface area contributed by atoms with Crippen LogP contribution in [0.25, 0.3) is 0 Å². The minimum absolute atomic E-state index is 0. The van der Waals surface area contributed by atoms with Crippen molar-refractivity contribution in [3.05, 3.63) is 151 Å². The fraction of sp³-hybridized carbons (Fsp3) is 0.436. The van der Waals surface area contributed by atoms with E-state index in [0.717, 1.165) is 95.8 Å². The summed E-state index contributed by atoms with van der Waals surface area (Å²) in [5, 5.41) is 18.0. The van der Waals surface area contributed by atoms with E-state index in [4.69, 9.17) is 24.5 Å². The van der Waals surface area contributed by atoms with Crippen LogP contribution in [-0.2, 0) is 19.1 Å². The monoisotopic (exact) mass is 887 g/mol. The van der Waals surface area contributed by atoms with Crippen molar-refractivity contribution in [2.45, 2.75) is 127 Å². The van der Waals surface area contributed by atoms with Crippen LogP contribution in [0.15, 0.2) is 166 Å². The Morgan fingerprint density at radius 2 is 1.43 bits per heavy atom. The SMILES string of the molecule is C=CC1=C(C)C2=NC1=CC1=NC(=CC3=C(C)C4=C([O-])[C@H](C(=O)OC)C(=C5NC(=C2)[C@@H](C)[C@@H]5CCC(=O)OC/C=C(\C)CC/C=C(\C)CC/C=C(\C)CCC=C(C)C)C4=N3)C(CC)=C1C.[Mg+2]. The molecule has 10 heteroatoms. The second kappa shape index (κ2) is 22.4. The molecule has 0 amide bonds. The van der Waals surface area contributed by atoms with E-state index in [9.17, 15) is 14.7 Å². The van der Waals surface area contributed by atoms with Crippen LogP contribution in [0.2, 0.25) is 0 Å². The van der Waals surface area contributed by atoms with Crippen LogP contribution in [0.5, 0.6) is 0 Å². The van der Waals surface area contributed by atoms with Crippen molar-refractivity contribution in [1.29, 1.82) is 0 Å². The fourth-order valence-corrected chi connectivity index (χ4v) is 9.36. The maximum absolute atomic E-state index is 14.4. The zero-order valence-electron chi connectivity index (χ0n) is 40.7. The molecule has 0 aromatic rings. The fourth-order valence-electron chi connectivity index (χ4n) is 9.36. The number of carbonyl (C=O) groups excluding carboxylic acids is 2. The minimum Gasteiger partial charge on any atom is -0.874 e. The summed E-state index contributed by atoms with van der Waals surface area (Å²) in [5.74, 6) is -2.91. The van der Waals surface area contributed by atoms with Crippen LogP contribution < -0.4 is 10.4 Å². The van der Waals surface area contributed by atoms with Crippen LogP contribution in [0.3, 0.4) is 0 Å². The largest absolute Gasteiger partial charge is 2.00 e. The standard InChI is InChI=1S/C55H68N4O5.Mg/c1-13-39-35(8)42-28-44-37(10)41(24-25-48(60)64-27-26-34(7)23-17-22-33(6)21-16-20-32(5)19-15-18-31(3)4)52(58-44)50-51(55(62)63-12)54(61)49-38(11)45(59-53(49)50)30-47-40(14-2)36(9)43(57-47)29-46(39)56-42;/h13,18,20,22,26,28-30,37,41,51,58,61H,1,14-17,19,21,23-25,27H2,2-12H3;/q;+2/p-1/b32-20+,33-22+,34-26+,44-28?,46-29?,47-30?,52-50?;/t37-,41-,51+;/m0./s1. The quantitative estimate of drug-likeness (QED) is 0.0881. The second-order valence-electron chi connectivity index (χ2n) is 18.1. The molecular formula is C55H67MgN4O5+. The second-order valence-corrected chi connectivity index (χ2v) is 18.1. The third kappa shape index (κ3) is 11.3. The first kappa shape index (κ1) is 50.9. The number of esters is 2. The van der Waals surface area contributed by atoms with Gasteiger partial charge in [-0.1, -0.05) is 67.0 Å². The van der Waals surface area contributed by atoms with Gasteiger partial charge in [0.2, 0.25) is 0 Å².